The predicted molar refractivity (Wildman–Crippen MR) is 187 cm³/mol. The molecule has 0 N–H and O–H groups in total. The molecule has 3 aromatic carbocycles. The molecule has 0 bridgehead atoms. The van der Waals surface area contributed by atoms with E-state index in [1.807, 2.05) is 0 Å². The average molecular weight is 685 g/mol. The van der Waals surface area contributed by atoms with Crippen LogP contribution in [0.1, 0.15) is 36.8 Å². The Labute approximate surface area is 291 Å². The number of esters is 4. The smallest absolute Gasteiger partial charge is 0.336 e. The number of hydrogen-bond acceptors (Lipinski definition) is 11. The van der Waals surface area contributed by atoms with Crippen molar-refractivity contribution in [2.75, 3.05) is 33.5 Å². The predicted octanol–water partition coefficient (Wildman–Crippen LogP) is 6.71. The second kappa shape index (κ2) is 21.7. The molecule has 0 aliphatic heterocycles. The van der Waals surface area contributed by atoms with Crippen molar-refractivity contribution in [2.45, 2.75) is 25.7 Å². The van der Waals surface area contributed by atoms with Gasteiger partial charge in [-0.15, -0.1) is 0 Å². The molecule has 3 aromatic rings. The molecule has 0 saturated carbocycles. The fraction of sp³-hybridized carbons (Fsp3) is 0.231. The van der Waals surface area contributed by atoms with E-state index < -0.39 is 23.9 Å². The number of carbonyl (C=O) groups excluding carboxylic acids is 4. The van der Waals surface area contributed by atoms with Gasteiger partial charge < -0.3 is 33.2 Å². The zero-order valence-electron chi connectivity index (χ0n) is 27.9. The lowest BCUT2D eigenvalue weighted by molar-refractivity contribution is -0.138. The summed E-state index contributed by atoms with van der Waals surface area (Å²) in [4.78, 5) is 47.0. The summed E-state index contributed by atoms with van der Waals surface area (Å²) >= 11 is 0. The highest BCUT2D eigenvalue weighted by atomic mass is 16.6. The summed E-state index contributed by atoms with van der Waals surface area (Å²) in [5, 5.41) is 0. The van der Waals surface area contributed by atoms with Gasteiger partial charge in [0, 0.05) is 30.4 Å². The molecule has 262 valence electrons. The lowest BCUT2D eigenvalue weighted by atomic mass is 10.2. The minimum Gasteiger partial charge on any atom is -0.494 e. The van der Waals surface area contributed by atoms with Crippen LogP contribution in [0.5, 0.6) is 28.7 Å². The highest BCUT2D eigenvalue weighted by molar-refractivity contribution is 5.90. The minimum atomic E-state index is -0.628. The molecule has 0 amide bonds. The maximum atomic E-state index is 12.5. The zero-order chi connectivity index (χ0) is 36.0. The van der Waals surface area contributed by atoms with Crippen molar-refractivity contribution in [3.63, 3.8) is 0 Å². The van der Waals surface area contributed by atoms with Crippen molar-refractivity contribution < 1.29 is 52.3 Å². The van der Waals surface area contributed by atoms with Crippen molar-refractivity contribution in [3.05, 3.63) is 115 Å². The summed E-state index contributed by atoms with van der Waals surface area (Å²) in [6.07, 6.45) is 10.8. The summed E-state index contributed by atoms with van der Waals surface area (Å²) in [6, 6.07) is 18.7. The van der Waals surface area contributed by atoms with Gasteiger partial charge in [-0.05, 0) is 85.4 Å². The van der Waals surface area contributed by atoms with Crippen LogP contribution in [0.15, 0.2) is 104 Å². The van der Waals surface area contributed by atoms with Gasteiger partial charge >= 0.3 is 23.9 Å². The topological polar surface area (TPSA) is 133 Å². The summed E-state index contributed by atoms with van der Waals surface area (Å²) < 4.78 is 37.3. The second-order valence-corrected chi connectivity index (χ2v) is 10.3. The van der Waals surface area contributed by atoms with Crippen LogP contribution >= 0.6 is 0 Å². The third-order valence-corrected chi connectivity index (χ3v) is 6.58. The summed E-state index contributed by atoms with van der Waals surface area (Å²) in [6.45, 7) is 8.26. The Morgan fingerprint density at radius 2 is 0.980 bits per heavy atom. The van der Waals surface area contributed by atoms with Crippen LogP contribution < -0.4 is 23.7 Å². The van der Waals surface area contributed by atoms with Crippen LogP contribution in [-0.2, 0) is 28.7 Å². The van der Waals surface area contributed by atoms with Crippen molar-refractivity contribution in [1.82, 2.24) is 0 Å². The van der Waals surface area contributed by atoms with E-state index in [4.69, 9.17) is 33.2 Å². The molecule has 0 atom stereocenters. The molecular weight excluding hydrogens is 644 g/mol. The SMILES string of the molecule is C=CC(=O)OCCCCOc1ccc(/C=C/C(=O)Oc2ccc(OC(=O)/C=C/c3ccc(OCCCCOC(=O)C=C)cc3)c(OC)c2)cc1. The molecule has 3 rings (SSSR count). The molecule has 0 fully saturated rings. The van der Waals surface area contributed by atoms with Gasteiger partial charge in [0.15, 0.2) is 11.5 Å². The molecule has 0 heterocycles. The monoisotopic (exact) mass is 684 g/mol. The van der Waals surface area contributed by atoms with Crippen LogP contribution in [0.25, 0.3) is 12.2 Å². The summed E-state index contributed by atoms with van der Waals surface area (Å²) in [7, 11) is 1.41. The number of ether oxygens (including phenoxy) is 7. The molecule has 0 spiro atoms. The molecular formula is C39H40O11. The van der Waals surface area contributed by atoms with E-state index in [0.29, 0.717) is 50.8 Å². The van der Waals surface area contributed by atoms with E-state index in [9.17, 15) is 19.2 Å². The number of unbranched alkanes of at least 4 members (excludes halogenated alkanes) is 2. The Bertz CT molecular complexity index is 1640. The number of hydrogen-bond donors (Lipinski definition) is 0. The van der Waals surface area contributed by atoms with Gasteiger partial charge in [-0.25, -0.2) is 19.2 Å². The number of methoxy groups -OCH3 is 1. The summed E-state index contributed by atoms with van der Waals surface area (Å²) in [5.41, 5.74) is 1.52. The fourth-order valence-corrected chi connectivity index (χ4v) is 4.02. The Morgan fingerprint density at radius 1 is 0.540 bits per heavy atom. The average Bonchev–Trinajstić information content (AvgIpc) is 3.13. The first-order valence-electron chi connectivity index (χ1n) is 15.8. The molecule has 0 aliphatic rings. The first-order chi connectivity index (χ1) is 24.3. The Morgan fingerprint density at radius 3 is 1.44 bits per heavy atom. The Balaban J connectivity index is 1.41. The molecule has 11 heteroatoms. The normalized spacial score (nSPS) is 10.7. The zero-order valence-corrected chi connectivity index (χ0v) is 27.9. The standard InChI is InChI=1S/C39H40O11/c1-4-36(40)47-26-8-6-24-45-31-16-10-29(11-17-31)14-22-38(42)49-33-20-21-34(35(28-33)44-3)50-39(43)23-15-30-12-18-32(19-13-30)46-25-7-9-27-48-37(41)5-2/h4-5,10-23,28H,1-2,6-9,24-27H2,3H3/b22-14+,23-15+. The molecule has 0 aromatic heterocycles. The van der Waals surface area contributed by atoms with Gasteiger partial charge in [0.05, 0.1) is 33.5 Å². The number of carbonyl (C=O) groups is 4. The van der Waals surface area contributed by atoms with Crippen LogP contribution in [-0.4, -0.2) is 57.4 Å². The van der Waals surface area contributed by atoms with Crippen LogP contribution in [0.2, 0.25) is 0 Å². The van der Waals surface area contributed by atoms with Crippen LogP contribution in [0.4, 0.5) is 0 Å². The van der Waals surface area contributed by atoms with Crippen molar-refractivity contribution in [3.8, 4) is 28.7 Å². The lowest BCUT2D eigenvalue weighted by Gasteiger charge is -2.10. The first-order valence-corrected chi connectivity index (χ1v) is 15.8. The van der Waals surface area contributed by atoms with E-state index in [1.165, 1.54) is 37.5 Å². The fourth-order valence-electron chi connectivity index (χ4n) is 4.02. The molecule has 0 saturated heterocycles. The van der Waals surface area contributed by atoms with Crippen molar-refractivity contribution >= 4 is 36.0 Å². The molecule has 0 radical (unpaired) electrons. The van der Waals surface area contributed by atoms with E-state index in [-0.39, 0.29) is 17.2 Å². The third kappa shape index (κ3) is 14.8. The van der Waals surface area contributed by atoms with Crippen LogP contribution in [0, 0.1) is 0 Å². The van der Waals surface area contributed by atoms with E-state index in [0.717, 1.165) is 36.1 Å². The second-order valence-electron chi connectivity index (χ2n) is 10.3. The van der Waals surface area contributed by atoms with Gasteiger partial charge in [-0.2, -0.15) is 0 Å². The third-order valence-electron chi connectivity index (χ3n) is 6.58. The van der Waals surface area contributed by atoms with Gasteiger partial charge in [-0.3, -0.25) is 0 Å². The quantitative estimate of drug-likeness (QED) is 0.0513. The molecule has 0 unspecified atom stereocenters. The molecule has 50 heavy (non-hydrogen) atoms. The number of benzene rings is 3. The first kappa shape index (κ1) is 38.3. The van der Waals surface area contributed by atoms with Gasteiger partial charge in [0.1, 0.15) is 17.2 Å². The maximum Gasteiger partial charge on any atom is 0.336 e. The van der Waals surface area contributed by atoms with Crippen LogP contribution in [0.3, 0.4) is 0 Å². The Hall–Kier alpha value is -6.10. The van der Waals surface area contributed by atoms with Crippen molar-refractivity contribution in [2.24, 2.45) is 0 Å². The maximum absolute atomic E-state index is 12.5. The van der Waals surface area contributed by atoms with Gasteiger partial charge in [-0.1, -0.05) is 37.4 Å². The van der Waals surface area contributed by atoms with Crippen molar-refractivity contribution in [1.29, 1.82) is 0 Å². The Kier molecular flexibility index (Phi) is 16.7. The highest BCUT2D eigenvalue weighted by Gasteiger charge is 2.11. The van der Waals surface area contributed by atoms with E-state index in [2.05, 4.69) is 13.2 Å². The van der Waals surface area contributed by atoms with Gasteiger partial charge in [0.2, 0.25) is 0 Å². The number of rotatable bonds is 21. The summed E-state index contributed by atoms with van der Waals surface area (Å²) in [5.74, 6) is -0.223. The highest BCUT2D eigenvalue weighted by Crippen LogP contribution is 2.31. The molecule has 11 nitrogen and oxygen atoms in total. The van der Waals surface area contributed by atoms with E-state index >= 15 is 0 Å². The minimum absolute atomic E-state index is 0.152. The van der Waals surface area contributed by atoms with Gasteiger partial charge in [0.25, 0.3) is 0 Å². The largest absolute Gasteiger partial charge is 0.494 e. The molecule has 0 aliphatic carbocycles. The van der Waals surface area contributed by atoms with E-state index in [1.54, 1.807) is 60.7 Å². The lowest BCUT2D eigenvalue weighted by Crippen LogP contribution is -2.06.